The van der Waals surface area contributed by atoms with E-state index in [-0.39, 0.29) is 0 Å². The molecule has 156 valence electrons. The van der Waals surface area contributed by atoms with Gasteiger partial charge in [0.05, 0.1) is 11.2 Å². The molecular formula is C26H18ClN3O2. The van der Waals surface area contributed by atoms with E-state index in [1.165, 1.54) is 6.39 Å². The third-order valence-corrected chi connectivity index (χ3v) is 5.19. The largest absolute Gasteiger partial charge is 0.487 e. The molecule has 32 heavy (non-hydrogen) atoms. The number of hydrogen-bond donors (Lipinski definition) is 0. The number of aromatic nitrogens is 3. The molecule has 0 bridgehead atoms. The first-order valence-corrected chi connectivity index (χ1v) is 10.4. The van der Waals surface area contributed by atoms with Gasteiger partial charge in [-0.05, 0) is 53.6 Å². The van der Waals surface area contributed by atoms with Crippen LogP contribution >= 0.6 is 11.6 Å². The number of ether oxygens (including phenoxy) is 1. The smallest absolute Gasteiger partial charge is 0.248 e. The zero-order valence-corrected chi connectivity index (χ0v) is 17.7. The van der Waals surface area contributed by atoms with E-state index in [1.54, 1.807) is 0 Å². The van der Waals surface area contributed by atoms with Crippen molar-refractivity contribution >= 4 is 34.2 Å². The lowest BCUT2D eigenvalue weighted by molar-refractivity contribution is 0.302. The lowest BCUT2D eigenvalue weighted by Gasteiger charge is -2.09. The fourth-order valence-corrected chi connectivity index (χ4v) is 3.60. The Bertz CT molecular complexity index is 1380. The molecule has 0 N–H and O–H groups in total. The number of hydrogen-bond acceptors (Lipinski definition) is 5. The Labute approximate surface area is 190 Å². The Balaban J connectivity index is 1.36. The Hall–Kier alpha value is -3.96. The summed E-state index contributed by atoms with van der Waals surface area (Å²) in [6.45, 7) is 0.388. The third-order valence-electron chi connectivity index (χ3n) is 4.96. The summed E-state index contributed by atoms with van der Waals surface area (Å²) < 4.78 is 11.4. The van der Waals surface area contributed by atoms with Crippen LogP contribution in [0.15, 0.2) is 95.7 Å². The summed E-state index contributed by atoms with van der Waals surface area (Å²) in [6, 6.07) is 27.4. The van der Waals surface area contributed by atoms with Crippen LogP contribution in [0.2, 0.25) is 5.02 Å². The van der Waals surface area contributed by atoms with Gasteiger partial charge in [0.15, 0.2) is 0 Å². The predicted molar refractivity (Wildman–Crippen MR) is 125 cm³/mol. The number of nitrogens with zero attached hydrogens (tertiary/aromatic N) is 3. The van der Waals surface area contributed by atoms with Crippen LogP contribution in [0.4, 0.5) is 0 Å². The Kier molecular flexibility index (Phi) is 5.64. The highest BCUT2D eigenvalue weighted by atomic mass is 35.5. The molecule has 5 aromatic rings. The van der Waals surface area contributed by atoms with Crippen molar-refractivity contribution in [1.29, 1.82) is 0 Å². The van der Waals surface area contributed by atoms with Gasteiger partial charge in [0.1, 0.15) is 12.4 Å². The van der Waals surface area contributed by atoms with Gasteiger partial charge in [-0.1, -0.05) is 60.1 Å². The van der Waals surface area contributed by atoms with E-state index in [0.29, 0.717) is 17.5 Å². The van der Waals surface area contributed by atoms with Crippen molar-refractivity contribution in [1.82, 2.24) is 15.2 Å². The van der Waals surface area contributed by atoms with E-state index in [4.69, 9.17) is 20.8 Å². The minimum absolute atomic E-state index is 0.388. The van der Waals surface area contributed by atoms with E-state index in [0.717, 1.165) is 39.0 Å². The first-order valence-electron chi connectivity index (χ1n) is 10.1. The maximum absolute atomic E-state index is 6.14. The lowest BCUT2D eigenvalue weighted by Crippen LogP contribution is -1.98. The van der Waals surface area contributed by atoms with Gasteiger partial charge in [-0.2, -0.15) is 0 Å². The molecule has 5 rings (SSSR count). The summed E-state index contributed by atoms with van der Waals surface area (Å²) in [7, 11) is 0. The maximum Gasteiger partial charge on any atom is 0.248 e. The van der Waals surface area contributed by atoms with E-state index in [1.807, 2.05) is 84.9 Å². The molecule has 0 amide bonds. The molecule has 0 unspecified atom stereocenters. The van der Waals surface area contributed by atoms with Crippen LogP contribution in [0.3, 0.4) is 0 Å². The molecule has 0 radical (unpaired) electrons. The summed E-state index contributed by atoms with van der Waals surface area (Å²) in [4.78, 5) is 4.65. The summed E-state index contributed by atoms with van der Waals surface area (Å²) in [6.07, 6.45) is 3.28. The van der Waals surface area contributed by atoms with Gasteiger partial charge in [0.25, 0.3) is 0 Å². The second-order valence-electron chi connectivity index (χ2n) is 7.17. The number of pyridine rings is 1. The molecule has 0 aliphatic rings. The van der Waals surface area contributed by atoms with Crippen molar-refractivity contribution in [2.45, 2.75) is 6.61 Å². The average molecular weight is 440 g/mol. The van der Waals surface area contributed by atoms with E-state index in [2.05, 4.69) is 21.2 Å². The Morgan fingerprint density at radius 3 is 2.62 bits per heavy atom. The molecule has 6 heteroatoms. The fourth-order valence-electron chi connectivity index (χ4n) is 3.40. The summed E-state index contributed by atoms with van der Waals surface area (Å²) in [5, 5.41) is 9.67. The van der Waals surface area contributed by atoms with Crippen LogP contribution in [0.25, 0.3) is 22.6 Å². The third kappa shape index (κ3) is 4.53. The highest BCUT2D eigenvalue weighted by Gasteiger charge is 2.11. The highest BCUT2D eigenvalue weighted by Crippen LogP contribution is 2.27. The quantitative estimate of drug-likeness (QED) is 0.285. The van der Waals surface area contributed by atoms with E-state index >= 15 is 0 Å². The van der Waals surface area contributed by atoms with Gasteiger partial charge >= 0.3 is 0 Å². The second-order valence-corrected chi connectivity index (χ2v) is 7.60. The molecular weight excluding hydrogens is 422 g/mol. The van der Waals surface area contributed by atoms with Crippen LogP contribution < -0.4 is 4.74 Å². The minimum atomic E-state index is 0.388. The molecule has 3 aromatic carbocycles. The predicted octanol–water partition coefficient (Wildman–Crippen LogP) is 6.44. The molecule has 0 saturated carbocycles. The van der Waals surface area contributed by atoms with Gasteiger partial charge in [-0.15, -0.1) is 10.2 Å². The van der Waals surface area contributed by atoms with Crippen molar-refractivity contribution in [2.24, 2.45) is 0 Å². The van der Waals surface area contributed by atoms with Gasteiger partial charge in [0.2, 0.25) is 12.3 Å². The van der Waals surface area contributed by atoms with Gasteiger partial charge in [0, 0.05) is 16.0 Å². The molecule has 0 fully saturated rings. The Morgan fingerprint density at radius 2 is 1.81 bits per heavy atom. The van der Waals surface area contributed by atoms with Crippen LogP contribution in [0.5, 0.6) is 5.75 Å². The average Bonchev–Trinajstić information content (AvgIpc) is 3.36. The van der Waals surface area contributed by atoms with Crippen LogP contribution in [0, 0.1) is 0 Å². The maximum atomic E-state index is 6.14. The molecule has 5 nitrogen and oxygen atoms in total. The number of benzene rings is 3. The highest BCUT2D eigenvalue weighted by molar-refractivity contribution is 6.30. The summed E-state index contributed by atoms with van der Waals surface area (Å²) in [5.74, 6) is 1.18. The number of rotatable bonds is 6. The minimum Gasteiger partial charge on any atom is -0.487 e. The monoisotopic (exact) mass is 439 g/mol. The molecule has 0 spiro atoms. The molecule has 0 saturated heterocycles. The molecule has 0 aliphatic heterocycles. The van der Waals surface area contributed by atoms with E-state index in [9.17, 15) is 0 Å². The first kappa shape index (κ1) is 20.0. The van der Waals surface area contributed by atoms with Crippen molar-refractivity contribution < 1.29 is 9.15 Å². The van der Waals surface area contributed by atoms with E-state index < -0.39 is 0 Å². The number of fused-ring (bicyclic) bond motifs is 1. The Morgan fingerprint density at radius 1 is 0.938 bits per heavy atom. The molecule has 0 atom stereocenters. The van der Waals surface area contributed by atoms with Gasteiger partial charge < -0.3 is 9.15 Å². The SMILES string of the molecule is Clc1cccc(/C=C(\c2ccc(OCc3ccc4ccccc4n3)cc2)c2nnco2)c1. The van der Waals surface area contributed by atoms with Crippen LogP contribution in [-0.4, -0.2) is 15.2 Å². The van der Waals surface area contributed by atoms with Crippen molar-refractivity contribution in [3.63, 3.8) is 0 Å². The van der Waals surface area contributed by atoms with Crippen molar-refractivity contribution in [3.05, 3.63) is 119 Å². The van der Waals surface area contributed by atoms with Gasteiger partial charge in [-0.25, -0.2) is 4.98 Å². The summed E-state index contributed by atoms with van der Waals surface area (Å²) >= 11 is 6.14. The molecule has 2 aromatic heterocycles. The van der Waals surface area contributed by atoms with Crippen molar-refractivity contribution in [3.8, 4) is 5.75 Å². The molecule has 2 heterocycles. The normalized spacial score (nSPS) is 11.6. The topological polar surface area (TPSA) is 61.0 Å². The standard InChI is InChI=1S/C26H18ClN3O2/c27-21-6-3-4-18(14-21)15-24(26-30-28-17-32-26)19-9-12-23(13-10-19)31-16-22-11-8-20-5-1-2-7-25(20)29-22/h1-15,17H,16H2/b24-15+. The van der Waals surface area contributed by atoms with Crippen molar-refractivity contribution in [2.75, 3.05) is 0 Å². The zero-order valence-electron chi connectivity index (χ0n) is 17.0. The fraction of sp³-hybridized carbons (Fsp3) is 0.0385. The van der Waals surface area contributed by atoms with Crippen LogP contribution in [0.1, 0.15) is 22.7 Å². The van der Waals surface area contributed by atoms with Gasteiger partial charge in [-0.3, -0.25) is 0 Å². The number of para-hydroxylation sites is 1. The molecule has 0 aliphatic carbocycles. The number of halogens is 1. The first-order chi connectivity index (χ1) is 15.7. The lowest BCUT2D eigenvalue weighted by atomic mass is 10.0. The second kappa shape index (κ2) is 9.04. The zero-order chi connectivity index (χ0) is 21.8. The van der Waals surface area contributed by atoms with Crippen LogP contribution in [-0.2, 0) is 6.61 Å². The summed E-state index contributed by atoms with van der Waals surface area (Å²) in [5.41, 5.74) is 4.49.